The summed E-state index contributed by atoms with van der Waals surface area (Å²) in [5.74, 6) is 0.588. The summed E-state index contributed by atoms with van der Waals surface area (Å²) < 4.78 is 0. The quantitative estimate of drug-likeness (QED) is 0.468. The molecule has 0 bridgehead atoms. The first-order chi connectivity index (χ1) is 16.0. The topological polar surface area (TPSA) is 106 Å². The summed E-state index contributed by atoms with van der Waals surface area (Å²) in [5, 5.41) is 20.0. The smallest absolute Gasteiger partial charge is 0.318 e. The Morgan fingerprint density at radius 1 is 1.09 bits per heavy atom. The molecule has 0 radical (unpaired) electrons. The van der Waals surface area contributed by atoms with E-state index in [0.717, 1.165) is 70.9 Å². The lowest BCUT2D eigenvalue weighted by molar-refractivity contribution is -0.143. The maximum absolute atomic E-state index is 13.3. The van der Waals surface area contributed by atoms with Gasteiger partial charge < -0.3 is 26.0 Å². The lowest BCUT2D eigenvalue weighted by atomic mass is 9.79. The van der Waals surface area contributed by atoms with Gasteiger partial charge in [-0.1, -0.05) is 6.08 Å². The summed E-state index contributed by atoms with van der Waals surface area (Å²) in [4.78, 5) is 31.6. The van der Waals surface area contributed by atoms with Crippen molar-refractivity contribution in [1.29, 1.82) is 0 Å². The van der Waals surface area contributed by atoms with Gasteiger partial charge in [0.05, 0.1) is 11.5 Å². The first kappa shape index (κ1) is 24.2. The van der Waals surface area contributed by atoms with Crippen molar-refractivity contribution >= 4 is 18.2 Å². The minimum atomic E-state index is -0.778. The summed E-state index contributed by atoms with van der Waals surface area (Å²) >= 11 is 0. The van der Waals surface area contributed by atoms with Crippen LogP contribution in [0.25, 0.3) is 0 Å². The van der Waals surface area contributed by atoms with E-state index in [1.54, 1.807) is 12.4 Å². The molecular weight excluding hydrogens is 418 g/mol. The average Bonchev–Trinajstić information content (AvgIpc) is 2.85. The van der Waals surface area contributed by atoms with Crippen molar-refractivity contribution in [3.05, 3.63) is 12.3 Å². The molecule has 8 nitrogen and oxygen atoms in total. The van der Waals surface area contributed by atoms with Crippen LogP contribution in [0.4, 0.5) is 4.79 Å². The van der Waals surface area contributed by atoms with Gasteiger partial charge in [-0.15, -0.1) is 0 Å². The SMILES string of the molecule is O=C(O)[C@H](CC1CCCNC1)C[C@]1(NC(=O)N2CCC(C3CCNCC3)CC2)C=NC=CC1. The van der Waals surface area contributed by atoms with Gasteiger partial charge in [0.25, 0.3) is 0 Å². The molecule has 3 atom stereocenters. The molecule has 4 aliphatic rings. The Labute approximate surface area is 197 Å². The molecule has 4 aliphatic heterocycles. The number of carbonyl (C=O) groups excluding carboxylic acids is 1. The third kappa shape index (κ3) is 6.57. The number of nitrogens with zero attached hydrogens (tertiary/aromatic N) is 2. The van der Waals surface area contributed by atoms with E-state index in [-0.39, 0.29) is 6.03 Å². The Bertz CT molecular complexity index is 722. The van der Waals surface area contributed by atoms with Crippen LogP contribution in [0, 0.1) is 23.7 Å². The molecule has 0 saturated carbocycles. The molecule has 4 rings (SSSR count). The molecule has 3 saturated heterocycles. The second-order valence-electron chi connectivity index (χ2n) is 10.6. The average molecular weight is 460 g/mol. The number of rotatable bonds is 7. The van der Waals surface area contributed by atoms with Crippen LogP contribution in [-0.4, -0.2) is 73.0 Å². The highest BCUT2D eigenvalue weighted by Gasteiger charge is 2.39. The number of hydrogen-bond acceptors (Lipinski definition) is 5. The van der Waals surface area contributed by atoms with Crippen LogP contribution in [0.5, 0.6) is 0 Å². The molecule has 4 N–H and O–H groups in total. The molecule has 0 spiro atoms. The van der Waals surface area contributed by atoms with Crippen molar-refractivity contribution in [3.8, 4) is 0 Å². The normalized spacial score (nSPS) is 30.2. The van der Waals surface area contributed by atoms with Gasteiger partial charge in [-0.2, -0.15) is 0 Å². The van der Waals surface area contributed by atoms with E-state index in [4.69, 9.17) is 0 Å². The number of likely N-dealkylation sites (tertiary alicyclic amines) is 1. The Balaban J connectivity index is 1.35. The van der Waals surface area contributed by atoms with E-state index >= 15 is 0 Å². The summed E-state index contributed by atoms with van der Waals surface area (Å²) in [5.41, 5.74) is -0.733. The molecule has 0 aromatic carbocycles. The minimum Gasteiger partial charge on any atom is -0.481 e. The molecular formula is C25H41N5O3. The van der Waals surface area contributed by atoms with E-state index in [9.17, 15) is 14.7 Å². The van der Waals surface area contributed by atoms with Gasteiger partial charge >= 0.3 is 12.0 Å². The number of hydrogen-bond donors (Lipinski definition) is 4. The van der Waals surface area contributed by atoms with Crippen molar-refractivity contribution in [1.82, 2.24) is 20.9 Å². The summed E-state index contributed by atoms with van der Waals surface area (Å²) in [7, 11) is 0. The van der Waals surface area contributed by atoms with Crippen LogP contribution < -0.4 is 16.0 Å². The first-order valence-electron chi connectivity index (χ1n) is 13.0. The third-order valence-electron chi connectivity index (χ3n) is 8.21. The maximum Gasteiger partial charge on any atom is 0.318 e. The van der Waals surface area contributed by atoms with Gasteiger partial charge in [-0.3, -0.25) is 9.79 Å². The zero-order valence-corrected chi connectivity index (χ0v) is 19.8. The lowest BCUT2D eigenvalue weighted by Crippen LogP contribution is -2.57. The van der Waals surface area contributed by atoms with Gasteiger partial charge in [-0.25, -0.2) is 4.79 Å². The Kier molecular flexibility index (Phi) is 8.41. The molecule has 8 heteroatoms. The number of aliphatic carboxylic acids is 1. The fourth-order valence-corrected chi connectivity index (χ4v) is 6.25. The number of amides is 2. The highest BCUT2D eigenvalue weighted by Crippen LogP contribution is 2.32. The summed E-state index contributed by atoms with van der Waals surface area (Å²) in [6.45, 7) is 5.67. The molecule has 1 unspecified atom stereocenters. The molecule has 33 heavy (non-hydrogen) atoms. The van der Waals surface area contributed by atoms with Crippen molar-refractivity contribution < 1.29 is 14.7 Å². The van der Waals surface area contributed by atoms with Gasteiger partial charge in [0, 0.05) is 25.5 Å². The summed E-state index contributed by atoms with van der Waals surface area (Å²) in [6, 6.07) is -0.0796. The van der Waals surface area contributed by atoms with Gasteiger partial charge in [0.2, 0.25) is 0 Å². The molecule has 0 aliphatic carbocycles. The van der Waals surface area contributed by atoms with Crippen LogP contribution >= 0.6 is 0 Å². The number of aliphatic imine (C=N–C) groups is 1. The predicted molar refractivity (Wildman–Crippen MR) is 129 cm³/mol. The lowest BCUT2D eigenvalue weighted by Gasteiger charge is -2.40. The van der Waals surface area contributed by atoms with Crippen LogP contribution in [0.1, 0.15) is 57.8 Å². The third-order valence-corrected chi connectivity index (χ3v) is 8.21. The molecule has 184 valence electrons. The van der Waals surface area contributed by atoms with Crippen molar-refractivity contribution in [2.75, 3.05) is 39.3 Å². The Hall–Kier alpha value is -1.93. The number of carboxylic acids is 1. The molecule has 2 amide bonds. The van der Waals surface area contributed by atoms with E-state index in [0.29, 0.717) is 31.1 Å². The number of nitrogens with one attached hydrogen (secondary N) is 3. The monoisotopic (exact) mass is 459 g/mol. The second kappa shape index (κ2) is 11.5. The van der Waals surface area contributed by atoms with Crippen molar-refractivity contribution in [3.63, 3.8) is 0 Å². The standard InChI is InChI=1S/C25H41N5O3/c31-23(32)22(15-19-3-1-9-27-17-19)16-25(8-2-10-28-18-25)29-24(33)30-13-6-21(7-14-30)20-4-11-26-12-5-20/h2,10,18-22,26-27H,1,3-9,11-17H2,(H,29,33)(H,31,32)/t19?,22-,25+/m1/s1. The van der Waals surface area contributed by atoms with E-state index in [2.05, 4.69) is 20.9 Å². The Morgan fingerprint density at radius 3 is 2.48 bits per heavy atom. The van der Waals surface area contributed by atoms with Crippen LogP contribution in [0.2, 0.25) is 0 Å². The van der Waals surface area contributed by atoms with Crippen molar-refractivity contribution in [2.45, 2.75) is 63.3 Å². The highest BCUT2D eigenvalue weighted by atomic mass is 16.4. The largest absolute Gasteiger partial charge is 0.481 e. The number of urea groups is 1. The number of carbonyl (C=O) groups is 2. The highest BCUT2D eigenvalue weighted by molar-refractivity contribution is 5.84. The van der Waals surface area contributed by atoms with Gasteiger partial charge in [0.1, 0.15) is 0 Å². The second-order valence-corrected chi connectivity index (χ2v) is 10.6. The zero-order chi connectivity index (χ0) is 23.1. The number of carboxylic acid groups (broad SMARTS) is 1. The maximum atomic E-state index is 13.3. The minimum absolute atomic E-state index is 0.0796. The molecule has 3 fully saturated rings. The predicted octanol–water partition coefficient (Wildman–Crippen LogP) is 2.62. The fourth-order valence-electron chi connectivity index (χ4n) is 6.25. The van der Waals surface area contributed by atoms with Crippen molar-refractivity contribution in [2.24, 2.45) is 28.7 Å². The first-order valence-corrected chi connectivity index (χ1v) is 13.0. The zero-order valence-electron chi connectivity index (χ0n) is 19.8. The van der Waals surface area contributed by atoms with E-state index in [1.165, 1.54) is 12.8 Å². The molecule has 0 aromatic heterocycles. The number of piperidine rings is 3. The van der Waals surface area contributed by atoms with E-state index < -0.39 is 17.4 Å². The molecule has 4 heterocycles. The molecule has 0 aromatic rings. The van der Waals surface area contributed by atoms with Gasteiger partial charge in [0.15, 0.2) is 0 Å². The summed E-state index contributed by atoms with van der Waals surface area (Å²) in [6.07, 6.45) is 13.8. The van der Waals surface area contributed by atoms with E-state index in [1.807, 2.05) is 11.0 Å². The van der Waals surface area contributed by atoms with Crippen LogP contribution in [-0.2, 0) is 4.79 Å². The van der Waals surface area contributed by atoms with Crippen LogP contribution in [0.15, 0.2) is 17.3 Å². The Morgan fingerprint density at radius 2 is 1.85 bits per heavy atom. The fraction of sp³-hybridized carbons (Fsp3) is 0.800. The van der Waals surface area contributed by atoms with Crippen LogP contribution in [0.3, 0.4) is 0 Å². The van der Waals surface area contributed by atoms with Gasteiger partial charge in [-0.05, 0) is 102 Å².